The average Bonchev–Trinajstić information content (AvgIpc) is 3.35. The molecule has 6 heteroatoms. The predicted molar refractivity (Wildman–Crippen MR) is 297 cm³/mol. The van der Waals surface area contributed by atoms with Crippen LogP contribution in [0.2, 0.25) is 0 Å². The van der Waals surface area contributed by atoms with Gasteiger partial charge >= 0.3 is 17.9 Å². The van der Waals surface area contributed by atoms with Gasteiger partial charge in [0.2, 0.25) is 0 Å². The molecular formula is C63H106O6. The van der Waals surface area contributed by atoms with Crippen LogP contribution in [0.4, 0.5) is 0 Å². The highest BCUT2D eigenvalue weighted by atomic mass is 16.6. The molecule has 0 N–H and O–H groups in total. The van der Waals surface area contributed by atoms with Gasteiger partial charge in [-0.3, -0.25) is 14.4 Å². The van der Waals surface area contributed by atoms with Crippen LogP contribution >= 0.6 is 0 Å². The van der Waals surface area contributed by atoms with E-state index in [2.05, 4.69) is 118 Å². The Balaban J connectivity index is 4.49. The molecule has 1 atom stereocenters. The Morgan fingerprint density at radius 2 is 0.522 bits per heavy atom. The lowest BCUT2D eigenvalue weighted by atomic mass is 10.1. The molecule has 0 fully saturated rings. The molecule has 0 spiro atoms. The molecule has 394 valence electrons. The van der Waals surface area contributed by atoms with E-state index < -0.39 is 6.10 Å². The van der Waals surface area contributed by atoms with E-state index in [1.54, 1.807) is 0 Å². The highest BCUT2D eigenvalue weighted by Crippen LogP contribution is 2.14. The Labute approximate surface area is 426 Å². The Morgan fingerprint density at radius 1 is 0.290 bits per heavy atom. The third kappa shape index (κ3) is 55.1. The first-order valence-electron chi connectivity index (χ1n) is 28.7. The maximum Gasteiger partial charge on any atom is 0.306 e. The first-order chi connectivity index (χ1) is 34.0. The lowest BCUT2D eigenvalue weighted by Crippen LogP contribution is -2.30. The monoisotopic (exact) mass is 959 g/mol. The summed E-state index contributed by atoms with van der Waals surface area (Å²) in [7, 11) is 0. The average molecular weight is 960 g/mol. The summed E-state index contributed by atoms with van der Waals surface area (Å²) in [6.07, 6.45) is 75.3. The molecule has 0 aliphatic rings. The quantitative estimate of drug-likeness (QED) is 0.0262. The van der Waals surface area contributed by atoms with Crippen LogP contribution in [-0.4, -0.2) is 37.2 Å². The Hall–Kier alpha value is -3.67. The minimum atomic E-state index is -0.806. The van der Waals surface area contributed by atoms with E-state index in [1.165, 1.54) is 122 Å². The van der Waals surface area contributed by atoms with Crippen LogP contribution in [0, 0.1) is 0 Å². The first kappa shape index (κ1) is 65.3. The lowest BCUT2D eigenvalue weighted by Gasteiger charge is -2.18. The van der Waals surface area contributed by atoms with Gasteiger partial charge in [-0.25, -0.2) is 0 Å². The zero-order valence-electron chi connectivity index (χ0n) is 45.0. The van der Waals surface area contributed by atoms with Gasteiger partial charge in [0, 0.05) is 19.3 Å². The van der Waals surface area contributed by atoms with Gasteiger partial charge in [0.05, 0.1) is 0 Å². The van der Waals surface area contributed by atoms with Gasteiger partial charge in [-0.05, 0) is 128 Å². The third-order valence-electron chi connectivity index (χ3n) is 12.0. The fourth-order valence-electron chi connectivity index (χ4n) is 7.66. The molecule has 0 bridgehead atoms. The number of esters is 3. The van der Waals surface area contributed by atoms with Gasteiger partial charge in [-0.15, -0.1) is 0 Å². The van der Waals surface area contributed by atoms with Crippen molar-refractivity contribution < 1.29 is 28.6 Å². The van der Waals surface area contributed by atoms with E-state index >= 15 is 0 Å². The number of hydrogen-bond acceptors (Lipinski definition) is 6. The second-order valence-corrected chi connectivity index (χ2v) is 18.8. The van der Waals surface area contributed by atoms with Crippen LogP contribution in [0.1, 0.15) is 265 Å². The van der Waals surface area contributed by atoms with E-state index in [-0.39, 0.29) is 31.1 Å². The van der Waals surface area contributed by atoms with Crippen LogP contribution in [0.3, 0.4) is 0 Å². The summed E-state index contributed by atoms with van der Waals surface area (Å²) < 4.78 is 16.8. The molecule has 0 saturated heterocycles. The van der Waals surface area contributed by atoms with Crippen LogP contribution in [0.15, 0.2) is 97.2 Å². The zero-order valence-corrected chi connectivity index (χ0v) is 45.0. The van der Waals surface area contributed by atoms with Crippen molar-refractivity contribution in [2.45, 2.75) is 271 Å². The highest BCUT2D eigenvalue weighted by Gasteiger charge is 2.19. The Bertz CT molecular complexity index is 1380. The van der Waals surface area contributed by atoms with Crippen molar-refractivity contribution in [3.63, 3.8) is 0 Å². The molecule has 0 aromatic carbocycles. The van der Waals surface area contributed by atoms with Gasteiger partial charge in [-0.2, -0.15) is 0 Å². The van der Waals surface area contributed by atoms with Crippen molar-refractivity contribution in [1.29, 1.82) is 0 Å². The number of allylic oxidation sites excluding steroid dienone is 16. The summed E-state index contributed by atoms with van der Waals surface area (Å²) in [5.41, 5.74) is 0. The van der Waals surface area contributed by atoms with Crippen molar-refractivity contribution in [1.82, 2.24) is 0 Å². The number of rotatable bonds is 51. The first-order valence-corrected chi connectivity index (χ1v) is 28.7. The maximum atomic E-state index is 12.9. The molecule has 0 heterocycles. The van der Waals surface area contributed by atoms with Gasteiger partial charge in [0.25, 0.3) is 0 Å². The number of carbonyl (C=O) groups excluding carboxylic acids is 3. The number of carbonyl (C=O) groups is 3. The Morgan fingerprint density at radius 3 is 0.841 bits per heavy atom. The number of ether oxygens (including phenoxy) is 3. The van der Waals surface area contributed by atoms with Crippen LogP contribution in [0.25, 0.3) is 0 Å². The van der Waals surface area contributed by atoms with E-state index in [9.17, 15) is 14.4 Å². The lowest BCUT2D eigenvalue weighted by molar-refractivity contribution is -0.167. The van der Waals surface area contributed by atoms with E-state index in [0.29, 0.717) is 19.3 Å². The zero-order chi connectivity index (χ0) is 50.0. The third-order valence-corrected chi connectivity index (χ3v) is 12.0. The molecule has 69 heavy (non-hydrogen) atoms. The van der Waals surface area contributed by atoms with Crippen LogP contribution in [0.5, 0.6) is 0 Å². The fourth-order valence-corrected chi connectivity index (χ4v) is 7.66. The summed E-state index contributed by atoms with van der Waals surface area (Å²) >= 11 is 0. The van der Waals surface area contributed by atoms with E-state index in [1.807, 2.05) is 0 Å². The summed E-state index contributed by atoms with van der Waals surface area (Å²) in [4.78, 5) is 38.1. The summed E-state index contributed by atoms with van der Waals surface area (Å²) in [5, 5.41) is 0. The molecule has 0 aliphatic carbocycles. The molecule has 6 nitrogen and oxygen atoms in total. The maximum absolute atomic E-state index is 12.9. The molecule has 0 unspecified atom stereocenters. The highest BCUT2D eigenvalue weighted by molar-refractivity contribution is 5.71. The largest absolute Gasteiger partial charge is 0.462 e. The predicted octanol–water partition coefficient (Wildman–Crippen LogP) is 19.3. The summed E-state index contributed by atoms with van der Waals surface area (Å²) in [5.74, 6) is -0.964. The SMILES string of the molecule is CCCCC/C=C\C/C=C\C/C=C\CCCCCCC(=O)OC[C@H](COC(=O)CCCC/C=C\C/C=C\C/C=C\CCCCC)OC(=O)CCCCCCCCCCC/C=C\C/C=C\CCCCC. The van der Waals surface area contributed by atoms with E-state index in [0.717, 1.165) is 103 Å². The second kappa shape index (κ2) is 56.9. The second-order valence-electron chi connectivity index (χ2n) is 18.8. The Kier molecular flexibility index (Phi) is 53.9. The van der Waals surface area contributed by atoms with Crippen molar-refractivity contribution >= 4 is 17.9 Å². The molecule has 0 amide bonds. The minimum Gasteiger partial charge on any atom is -0.462 e. The van der Waals surface area contributed by atoms with E-state index in [4.69, 9.17) is 14.2 Å². The fraction of sp³-hybridized carbons (Fsp3) is 0.698. The summed E-state index contributed by atoms with van der Waals surface area (Å²) in [6, 6.07) is 0. The normalized spacial score (nSPS) is 12.8. The van der Waals surface area contributed by atoms with Gasteiger partial charge in [-0.1, -0.05) is 214 Å². The minimum absolute atomic E-state index is 0.104. The van der Waals surface area contributed by atoms with Crippen molar-refractivity contribution in [2.75, 3.05) is 13.2 Å². The van der Waals surface area contributed by atoms with Crippen LogP contribution in [-0.2, 0) is 28.6 Å². The molecule has 0 saturated carbocycles. The smallest absolute Gasteiger partial charge is 0.306 e. The molecule has 0 radical (unpaired) electrons. The molecule has 0 aliphatic heterocycles. The molecule has 0 rings (SSSR count). The molecular weight excluding hydrogens is 853 g/mol. The summed E-state index contributed by atoms with van der Waals surface area (Å²) in [6.45, 7) is 6.51. The van der Waals surface area contributed by atoms with Gasteiger partial charge in [0.15, 0.2) is 6.10 Å². The van der Waals surface area contributed by atoms with Gasteiger partial charge in [0.1, 0.15) is 13.2 Å². The molecule has 0 aromatic rings. The van der Waals surface area contributed by atoms with Crippen LogP contribution < -0.4 is 0 Å². The standard InChI is InChI=1S/C63H106O6/c1-4-7-10-13-16-19-22-25-28-30-31-33-36-39-42-45-48-51-54-57-63(66)69-60(58-67-61(64)55-52-49-46-43-40-37-34-27-24-21-18-15-12-9-6-3)59-68-62(65)56-53-50-47-44-41-38-35-32-29-26-23-20-17-14-11-8-5-2/h16-21,25-29,34-35,38,40,43,60H,4-15,22-24,30-33,36-37,39,41-42,44-59H2,1-3H3/b19-16-,20-17-,21-18-,28-25-,29-26-,34-27-,38-35-,43-40-/t60-/m0/s1. The van der Waals surface area contributed by atoms with Crippen molar-refractivity contribution in [3.05, 3.63) is 97.2 Å². The van der Waals surface area contributed by atoms with Gasteiger partial charge < -0.3 is 14.2 Å². The van der Waals surface area contributed by atoms with Crippen molar-refractivity contribution in [2.24, 2.45) is 0 Å². The topological polar surface area (TPSA) is 78.9 Å². The van der Waals surface area contributed by atoms with Crippen molar-refractivity contribution in [3.8, 4) is 0 Å². The number of unbranched alkanes of at least 4 members (excludes halogenated alkanes) is 24. The molecule has 0 aromatic heterocycles. The number of hydrogen-bond donors (Lipinski definition) is 0.